The summed E-state index contributed by atoms with van der Waals surface area (Å²) in [6.45, 7) is 5.10. The van der Waals surface area contributed by atoms with Crippen LogP contribution in [0, 0.1) is 5.82 Å². The molecule has 1 N–H and O–H groups in total. The van der Waals surface area contributed by atoms with Crippen LogP contribution in [-0.4, -0.2) is 29.1 Å². The smallest absolute Gasteiger partial charge is 0.304 e. The van der Waals surface area contributed by atoms with Crippen LogP contribution in [0.3, 0.4) is 0 Å². The third-order valence-electron chi connectivity index (χ3n) is 2.99. The van der Waals surface area contributed by atoms with Crippen LogP contribution >= 0.6 is 11.6 Å². The summed E-state index contributed by atoms with van der Waals surface area (Å²) in [5, 5.41) is 8.78. The van der Waals surface area contributed by atoms with Crippen molar-refractivity contribution in [1.82, 2.24) is 4.90 Å². The highest BCUT2D eigenvalue weighted by atomic mass is 35.5. The largest absolute Gasteiger partial charge is 0.481 e. The van der Waals surface area contributed by atoms with Gasteiger partial charge >= 0.3 is 5.97 Å². The molecule has 0 aliphatic rings. The molecule has 0 spiro atoms. The Morgan fingerprint density at radius 3 is 2.72 bits per heavy atom. The lowest BCUT2D eigenvalue weighted by molar-refractivity contribution is -0.137. The van der Waals surface area contributed by atoms with Crippen LogP contribution in [0.2, 0.25) is 5.02 Å². The molecule has 0 saturated carbocycles. The zero-order valence-electron chi connectivity index (χ0n) is 10.5. The summed E-state index contributed by atoms with van der Waals surface area (Å²) >= 11 is 5.75. The van der Waals surface area contributed by atoms with Gasteiger partial charge in [-0.1, -0.05) is 24.6 Å². The number of halogens is 2. The van der Waals surface area contributed by atoms with E-state index in [4.69, 9.17) is 16.7 Å². The molecular formula is C13H17ClFNO2. The quantitative estimate of drug-likeness (QED) is 0.864. The molecule has 3 nitrogen and oxygen atoms in total. The molecule has 0 amide bonds. The Labute approximate surface area is 111 Å². The molecule has 0 fully saturated rings. The second kappa shape index (κ2) is 6.71. The van der Waals surface area contributed by atoms with Crippen molar-refractivity contribution in [3.05, 3.63) is 34.6 Å². The molecule has 0 saturated heterocycles. The van der Waals surface area contributed by atoms with Gasteiger partial charge in [0.25, 0.3) is 0 Å². The van der Waals surface area contributed by atoms with Crippen molar-refractivity contribution in [1.29, 1.82) is 0 Å². The van der Waals surface area contributed by atoms with Gasteiger partial charge in [-0.2, -0.15) is 0 Å². The summed E-state index contributed by atoms with van der Waals surface area (Å²) in [6.07, 6.45) is 0.0904. The number of hydrogen-bond donors (Lipinski definition) is 1. The van der Waals surface area contributed by atoms with E-state index in [0.29, 0.717) is 6.54 Å². The average Bonchev–Trinajstić information content (AvgIpc) is 2.32. The van der Waals surface area contributed by atoms with Gasteiger partial charge < -0.3 is 5.11 Å². The van der Waals surface area contributed by atoms with E-state index >= 15 is 0 Å². The zero-order valence-corrected chi connectivity index (χ0v) is 11.2. The molecule has 1 aromatic rings. The second-order valence-electron chi connectivity index (χ2n) is 4.12. The lowest BCUT2D eigenvalue weighted by Gasteiger charge is -2.27. The van der Waals surface area contributed by atoms with E-state index < -0.39 is 11.8 Å². The minimum atomic E-state index is -0.821. The van der Waals surface area contributed by atoms with E-state index in [1.807, 2.05) is 18.7 Å². The molecular weight excluding hydrogens is 257 g/mol. The lowest BCUT2D eigenvalue weighted by Crippen LogP contribution is -2.29. The number of carboxylic acids is 1. The SMILES string of the molecule is CCN(CCC(=O)O)C(C)c1ccc(F)c(Cl)c1. The van der Waals surface area contributed by atoms with Crippen molar-refractivity contribution in [3.8, 4) is 0 Å². The van der Waals surface area contributed by atoms with E-state index in [0.717, 1.165) is 12.1 Å². The van der Waals surface area contributed by atoms with Gasteiger partial charge in [-0.3, -0.25) is 9.69 Å². The summed E-state index contributed by atoms with van der Waals surface area (Å²) in [5.74, 6) is -1.26. The highest BCUT2D eigenvalue weighted by molar-refractivity contribution is 6.30. The van der Waals surface area contributed by atoms with E-state index in [1.54, 1.807) is 12.1 Å². The fraction of sp³-hybridized carbons (Fsp3) is 0.462. The monoisotopic (exact) mass is 273 g/mol. The van der Waals surface area contributed by atoms with Crippen LogP contribution in [-0.2, 0) is 4.79 Å². The molecule has 18 heavy (non-hydrogen) atoms. The van der Waals surface area contributed by atoms with E-state index in [1.165, 1.54) is 6.07 Å². The van der Waals surface area contributed by atoms with Gasteiger partial charge in [0.05, 0.1) is 11.4 Å². The van der Waals surface area contributed by atoms with Crippen LogP contribution in [0.5, 0.6) is 0 Å². The predicted molar refractivity (Wildman–Crippen MR) is 69.3 cm³/mol. The molecule has 1 unspecified atom stereocenters. The molecule has 1 aromatic carbocycles. The third kappa shape index (κ3) is 3.96. The molecule has 1 rings (SSSR count). The molecule has 0 radical (unpaired) electrons. The first-order valence-electron chi connectivity index (χ1n) is 5.86. The number of nitrogens with zero attached hydrogens (tertiary/aromatic N) is 1. The Bertz CT molecular complexity index is 425. The van der Waals surface area contributed by atoms with Gasteiger partial charge in [0.2, 0.25) is 0 Å². The van der Waals surface area contributed by atoms with Gasteiger partial charge in [-0.05, 0) is 31.2 Å². The van der Waals surface area contributed by atoms with Crippen LogP contribution in [0.15, 0.2) is 18.2 Å². The fourth-order valence-electron chi connectivity index (χ4n) is 1.85. The Hall–Kier alpha value is -1.13. The van der Waals surface area contributed by atoms with Gasteiger partial charge in [-0.15, -0.1) is 0 Å². The van der Waals surface area contributed by atoms with Gasteiger partial charge in [0.15, 0.2) is 0 Å². The van der Waals surface area contributed by atoms with Crippen LogP contribution < -0.4 is 0 Å². The molecule has 1 atom stereocenters. The van der Waals surface area contributed by atoms with E-state index in [9.17, 15) is 9.18 Å². The first-order chi connectivity index (χ1) is 8.45. The number of carboxylic acid groups (broad SMARTS) is 1. The van der Waals surface area contributed by atoms with E-state index in [2.05, 4.69) is 0 Å². The standard InChI is InChI=1S/C13H17ClFNO2/c1-3-16(7-6-13(17)18)9(2)10-4-5-12(15)11(14)8-10/h4-5,8-9H,3,6-7H2,1-2H3,(H,17,18). The fourth-order valence-corrected chi connectivity index (χ4v) is 2.04. The minimum Gasteiger partial charge on any atom is -0.481 e. The normalized spacial score (nSPS) is 12.7. The average molecular weight is 274 g/mol. The highest BCUT2D eigenvalue weighted by Crippen LogP contribution is 2.24. The number of benzene rings is 1. The van der Waals surface area contributed by atoms with Crippen molar-refractivity contribution < 1.29 is 14.3 Å². The Balaban J connectivity index is 2.78. The third-order valence-corrected chi connectivity index (χ3v) is 3.28. The topological polar surface area (TPSA) is 40.5 Å². The molecule has 0 aromatic heterocycles. The maximum Gasteiger partial charge on any atom is 0.304 e. The van der Waals surface area contributed by atoms with Crippen LogP contribution in [0.25, 0.3) is 0 Å². The summed E-state index contributed by atoms with van der Waals surface area (Å²) < 4.78 is 13.1. The van der Waals surface area contributed by atoms with Crippen molar-refractivity contribution in [3.63, 3.8) is 0 Å². The zero-order chi connectivity index (χ0) is 13.7. The highest BCUT2D eigenvalue weighted by Gasteiger charge is 2.16. The van der Waals surface area contributed by atoms with Gasteiger partial charge in [-0.25, -0.2) is 4.39 Å². The first-order valence-corrected chi connectivity index (χ1v) is 6.24. The summed E-state index contributed by atoms with van der Waals surface area (Å²) in [4.78, 5) is 12.6. The maximum absolute atomic E-state index is 13.1. The summed E-state index contributed by atoms with van der Waals surface area (Å²) in [5.41, 5.74) is 0.883. The number of aliphatic carboxylic acids is 1. The molecule has 0 heterocycles. The van der Waals surface area contributed by atoms with Crippen molar-refractivity contribution in [2.75, 3.05) is 13.1 Å². The molecule has 0 aliphatic carbocycles. The first kappa shape index (κ1) is 14.9. The minimum absolute atomic E-state index is 0.00690. The molecule has 5 heteroatoms. The second-order valence-corrected chi connectivity index (χ2v) is 4.53. The summed E-state index contributed by atoms with van der Waals surface area (Å²) in [7, 11) is 0. The van der Waals surface area contributed by atoms with Crippen LogP contribution in [0.4, 0.5) is 4.39 Å². The Kier molecular flexibility index (Phi) is 5.56. The number of rotatable bonds is 6. The predicted octanol–water partition coefficient (Wildman–Crippen LogP) is 3.34. The molecule has 100 valence electrons. The van der Waals surface area contributed by atoms with Gasteiger partial charge in [0.1, 0.15) is 5.82 Å². The Morgan fingerprint density at radius 2 is 2.22 bits per heavy atom. The number of hydrogen-bond acceptors (Lipinski definition) is 2. The molecule has 0 aliphatic heterocycles. The summed E-state index contributed by atoms with van der Waals surface area (Å²) in [6, 6.07) is 4.60. The number of carbonyl (C=O) groups is 1. The van der Waals surface area contributed by atoms with E-state index in [-0.39, 0.29) is 17.5 Å². The Morgan fingerprint density at radius 1 is 1.56 bits per heavy atom. The van der Waals surface area contributed by atoms with Gasteiger partial charge in [0, 0.05) is 12.6 Å². The maximum atomic E-state index is 13.1. The van der Waals surface area contributed by atoms with Crippen molar-refractivity contribution in [2.45, 2.75) is 26.3 Å². The lowest BCUT2D eigenvalue weighted by atomic mass is 10.1. The van der Waals surface area contributed by atoms with Crippen molar-refractivity contribution >= 4 is 17.6 Å². The van der Waals surface area contributed by atoms with Crippen LogP contribution in [0.1, 0.15) is 31.9 Å². The van der Waals surface area contributed by atoms with Crippen molar-refractivity contribution in [2.24, 2.45) is 0 Å². The molecule has 0 bridgehead atoms.